The highest BCUT2D eigenvalue weighted by atomic mass is 19.4. The molecule has 3 fully saturated rings. The van der Waals surface area contributed by atoms with Gasteiger partial charge in [0.2, 0.25) is 18.2 Å². The average molecular weight is 644 g/mol. The number of rotatable bonds is 6. The van der Waals surface area contributed by atoms with E-state index in [1.54, 1.807) is 30.1 Å². The van der Waals surface area contributed by atoms with Crippen LogP contribution in [0, 0.1) is 40.8 Å². The predicted molar refractivity (Wildman–Crippen MR) is 165 cm³/mol. The Kier molecular flexibility index (Phi) is 19.4. The lowest BCUT2D eigenvalue weighted by Crippen LogP contribution is -2.40. The number of nitriles is 1. The van der Waals surface area contributed by atoms with Crippen LogP contribution < -0.4 is 10.6 Å². The second-order valence-electron chi connectivity index (χ2n) is 11.7. The fourth-order valence-electron chi connectivity index (χ4n) is 5.04. The lowest BCUT2D eigenvalue weighted by molar-refractivity contribution is -0.154. The molecule has 1 aromatic rings. The molecule has 13 heteroatoms. The van der Waals surface area contributed by atoms with Crippen molar-refractivity contribution < 1.29 is 36.7 Å². The number of carbonyl (C=O) groups is 4. The van der Waals surface area contributed by atoms with Crippen molar-refractivity contribution in [1.82, 2.24) is 15.1 Å². The van der Waals surface area contributed by atoms with Crippen LogP contribution in [0.25, 0.3) is 0 Å². The molecule has 1 aromatic carbocycles. The Hall–Kier alpha value is -3.69. The quantitative estimate of drug-likeness (QED) is 0.315. The first-order valence-corrected chi connectivity index (χ1v) is 14.8. The molecule has 1 saturated carbocycles. The summed E-state index contributed by atoms with van der Waals surface area (Å²) in [5.74, 6) is 0.0967. The molecular formula is C32H49F4N5O4. The maximum atomic E-state index is 12.5. The highest BCUT2D eigenvalue weighted by Crippen LogP contribution is 2.35. The topological polar surface area (TPSA) is 123 Å². The summed E-state index contributed by atoms with van der Waals surface area (Å²) >= 11 is 0. The van der Waals surface area contributed by atoms with Gasteiger partial charge in [-0.15, -0.1) is 0 Å². The molecule has 2 aliphatic heterocycles. The number of benzene rings is 1. The number of hydrogen-bond donors (Lipinski definition) is 2. The summed E-state index contributed by atoms with van der Waals surface area (Å²) < 4.78 is 48.5. The van der Waals surface area contributed by atoms with E-state index < -0.39 is 24.5 Å². The van der Waals surface area contributed by atoms with Gasteiger partial charge in [-0.3, -0.25) is 14.4 Å². The first kappa shape index (κ1) is 41.3. The van der Waals surface area contributed by atoms with E-state index in [0.29, 0.717) is 50.0 Å². The van der Waals surface area contributed by atoms with Gasteiger partial charge in [0, 0.05) is 32.6 Å². The first-order chi connectivity index (χ1) is 20.7. The number of fused-ring (bicyclic) bond motifs is 1. The van der Waals surface area contributed by atoms with Crippen molar-refractivity contribution in [2.24, 2.45) is 23.7 Å². The Bertz CT molecular complexity index is 1080. The zero-order valence-electron chi connectivity index (χ0n) is 25.9. The smallest absolute Gasteiger partial charge is 0.386 e. The molecule has 0 bridgehead atoms. The average Bonchev–Trinajstić information content (AvgIpc) is 3.60. The van der Waals surface area contributed by atoms with Crippen LogP contribution in [0.5, 0.6) is 0 Å². The van der Waals surface area contributed by atoms with E-state index in [9.17, 15) is 36.7 Å². The maximum absolute atomic E-state index is 12.5. The molecule has 0 aromatic heterocycles. The number of carbonyl (C=O) groups excluding carboxylic acids is 4. The molecule has 2 N–H and O–H groups in total. The van der Waals surface area contributed by atoms with Crippen molar-refractivity contribution in [3.05, 3.63) is 30.1 Å². The van der Waals surface area contributed by atoms with Gasteiger partial charge in [-0.05, 0) is 49.1 Å². The summed E-state index contributed by atoms with van der Waals surface area (Å²) in [6, 6.07) is 8.13. The second kappa shape index (κ2) is 21.1. The van der Waals surface area contributed by atoms with Crippen LogP contribution >= 0.6 is 0 Å². The Morgan fingerprint density at radius 3 is 2.02 bits per heavy atom. The van der Waals surface area contributed by atoms with E-state index >= 15 is 0 Å². The zero-order chi connectivity index (χ0) is 33.3. The fourth-order valence-corrected chi connectivity index (χ4v) is 5.04. The summed E-state index contributed by atoms with van der Waals surface area (Å²) in [5, 5.41) is 13.3. The zero-order valence-corrected chi connectivity index (χ0v) is 25.9. The van der Waals surface area contributed by atoms with E-state index in [4.69, 9.17) is 5.26 Å². The van der Waals surface area contributed by atoms with Crippen LogP contribution in [0.3, 0.4) is 0 Å². The Balaban J connectivity index is 0.000000654. The fraction of sp³-hybridized carbons (Fsp3) is 0.656. The molecule has 4 rings (SSSR count). The van der Waals surface area contributed by atoms with Crippen LogP contribution in [0.15, 0.2) is 24.3 Å². The van der Waals surface area contributed by atoms with Crippen molar-refractivity contribution in [2.45, 2.75) is 78.9 Å². The van der Waals surface area contributed by atoms with Crippen molar-refractivity contribution in [2.75, 3.05) is 38.5 Å². The maximum Gasteiger partial charge on any atom is 0.397 e. The van der Waals surface area contributed by atoms with E-state index in [1.807, 2.05) is 11.4 Å². The van der Waals surface area contributed by atoms with Gasteiger partial charge < -0.3 is 25.2 Å². The molecule has 3 aliphatic rings. The molecule has 0 radical (unpaired) electrons. The molecule has 4 atom stereocenters. The van der Waals surface area contributed by atoms with Gasteiger partial charge in [-0.25, -0.2) is 4.39 Å². The number of likely N-dealkylation sites (tertiary alicyclic amines) is 2. The molecule has 9 nitrogen and oxygen atoms in total. The minimum atomic E-state index is -4.53. The summed E-state index contributed by atoms with van der Waals surface area (Å²) in [7, 11) is 1.69. The van der Waals surface area contributed by atoms with Gasteiger partial charge in [0.1, 0.15) is 24.6 Å². The highest BCUT2D eigenvalue weighted by molar-refractivity contribution is 5.85. The van der Waals surface area contributed by atoms with Crippen molar-refractivity contribution in [3.8, 4) is 6.07 Å². The monoisotopic (exact) mass is 643 g/mol. The van der Waals surface area contributed by atoms with Crippen molar-refractivity contribution in [1.29, 1.82) is 5.26 Å². The number of nitrogens with zero attached hydrogens (tertiary/aromatic N) is 3. The third-order valence-corrected chi connectivity index (χ3v) is 7.12. The number of halogens is 4. The minimum absolute atomic E-state index is 0. The summed E-state index contributed by atoms with van der Waals surface area (Å²) in [5.41, 5.74) is 0.539. The third-order valence-electron chi connectivity index (χ3n) is 7.12. The van der Waals surface area contributed by atoms with Crippen LogP contribution in [0.4, 0.5) is 23.2 Å². The van der Waals surface area contributed by atoms with E-state index in [1.165, 1.54) is 23.8 Å². The van der Waals surface area contributed by atoms with Crippen LogP contribution in [0.2, 0.25) is 0 Å². The van der Waals surface area contributed by atoms with Gasteiger partial charge in [0.05, 0.1) is 18.3 Å². The van der Waals surface area contributed by atoms with Crippen LogP contribution in [-0.4, -0.2) is 79.8 Å². The van der Waals surface area contributed by atoms with E-state index in [2.05, 4.69) is 26.1 Å². The minimum Gasteiger partial charge on any atom is -0.386 e. The van der Waals surface area contributed by atoms with Gasteiger partial charge in [0.25, 0.3) is 0 Å². The Morgan fingerprint density at radius 2 is 1.62 bits per heavy atom. The lowest BCUT2D eigenvalue weighted by atomic mass is 9.82. The molecule has 45 heavy (non-hydrogen) atoms. The standard InChI is InChI=1S/C13H19F3N2O2.C7H8FN.C7H8N2O2.C4H10.CH4/c14-13(15,16)5-11(19)17-6-12(20)18-7-9-3-1-2-4-10(9)8-18;1-9-7-5-3-2-4-6(7)8;8-2-7-1-6(4-10)3-9(7)5-11;1-4(2)3;/h9-10H,1-8H2,(H,17,19);2-5,9H,1H3;4-7H,1,3H2;4H,1-3H3;1H4. The molecule has 4 unspecified atom stereocenters. The Morgan fingerprint density at radius 1 is 1.07 bits per heavy atom. The molecule has 2 heterocycles. The number of hydrogen-bond acceptors (Lipinski definition) is 6. The van der Waals surface area contributed by atoms with Gasteiger partial charge in [-0.2, -0.15) is 18.4 Å². The number of anilines is 1. The van der Waals surface area contributed by atoms with Gasteiger partial charge >= 0.3 is 6.18 Å². The van der Waals surface area contributed by atoms with E-state index in [0.717, 1.165) is 25.0 Å². The van der Waals surface area contributed by atoms with Crippen LogP contribution in [0.1, 0.15) is 66.7 Å². The molecular weight excluding hydrogens is 594 g/mol. The number of amides is 3. The van der Waals surface area contributed by atoms with Gasteiger partial charge in [-0.1, -0.05) is 53.2 Å². The van der Waals surface area contributed by atoms with Crippen LogP contribution in [-0.2, 0) is 19.2 Å². The van der Waals surface area contributed by atoms with Crippen molar-refractivity contribution >= 4 is 30.2 Å². The second-order valence-corrected chi connectivity index (χ2v) is 11.7. The summed E-state index contributed by atoms with van der Waals surface area (Å²) in [6.07, 6.45) is 0.450. The first-order valence-electron chi connectivity index (χ1n) is 14.8. The predicted octanol–water partition coefficient (Wildman–Crippen LogP) is 5.43. The van der Waals surface area contributed by atoms with Gasteiger partial charge in [0.15, 0.2) is 0 Å². The number of alkyl halides is 3. The molecule has 3 amide bonds. The third kappa shape index (κ3) is 16.3. The number of para-hydroxylation sites is 1. The SMILES string of the molecule is C.CC(C)C.CNc1ccccc1F.N#CC1CC(C=O)CN1C=O.O=C(CC(F)(F)F)NCC(=O)N1CC2CCCCC2C1. The normalized spacial score (nSPS) is 21.5. The molecule has 0 spiro atoms. The van der Waals surface area contributed by atoms with E-state index in [-0.39, 0.29) is 31.6 Å². The Labute approximate surface area is 264 Å². The molecule has 2 saturated heterocycles. The number of nitrogens with one attached hydrogen (secondary N) is 2. The van der Waals surface area contributed by atoms with Crippen molar-refractivity contribution in [3.63, 3.8) is 0 Å². The number of aldehydes is 1. The molecule has 254 valence electrons. The summed E-state index contributed by atoms with van der Waals surface area (Å²) in [4.78, 5) is 46.5. The molecule has 1 aliphatic carbocycles. The largest absolute Gasteiger partial charge is 0.397 e. The summed E-state index contributed by atoms with van der Waals surface area (Å²) in [6.45, 7) is 7.91. The highest BCUT2D eigenvalue weighted by Gasteiger charge is 2.37. The lowest BCUT2D eigenvalue weighted by Gasteiger charge is -2.22.